The number of hydrogen-bond acceptors (Lipinski definition) is 2. The van der Waals surface area contributed by atoms with Crippen molar-refractivity contribution in [3.8, 4) is 0 Å². The van der Waals surface area contributed by atoms with Crippen molar-refractivity contribution in [1.82, 2.24) is 0 Å². The van der Waals surface area contributed by atoms with Gasteiger partial charge in [-0.3, -0.25) is 4.79 Å². The largest absolute Gasteiger partial charge is 0.481 e. The van der Waals surface area contributed by atoms with Gasteiger partial charge >= 0.3 is 5.97 Å². The molecule has 0 bridgehead atoms. The van der Waals surface area contributed by atoms with Gasteiger partial charge in [0.25, 0.3) is 0 Å². The molecule has 0 saturated carbocycles. The van der Waals surface area contributed by atoms with Gasteiger partial charge in [0.1, 0.15) is 0 Å². The average molecular weight is 272 g/mol. The molecule has 4 heteroatoms. The van der Waals surface area contributed by atoms with E-state index in [1.807, 2.05) is 29.5 Å². The van der Waals surface area contributed by atoms with E-state index in [4.69, 9.17) is 5.11 Å². The van der Waals surface area contributed by atoms with E-state index in [0.29, 0.717) is 10.8 Å². The molecule has 0 aromatic carbocycles. The van der Waals surface area contributed by atoms with Crippen molar-refractivity contribution >= 4 is 28.6 Å². The van der Waals surface area contributed by atoms with Crippen LogP contribution in [-0.2, 0) is 4.79 Å². The summed E-state index contributed by atoms with van der Waals surface area (Å²) in [5, 5.41) is 17.9. The molecule has 0 aromatic rings. The monoisotopic (exact) mass is 272 g/mol. The first-order valence-corrected chi connectivity index (χ1v) is 5.12. The first kappa shape index (κ1) is 11.2. The Balaban J connectivity index is 3.97. The molecule has 0 aromatic heterocycles. The molecule has 11 heavy (non-hydrogen) atoms. The van der Waals surface area contributed by atoms with Crippen molar-refractivity contribution in [3.63, 3.8) is 0 Å². The molecule has 0 rings (SSSR count). The minimum Gasteiger partial charge on any atom is -0.481 e. The SMILES string of the molecule is CCCC(C(=O)O)[C@@H](O)CI. The first-order valence-electron chi connectivity index (χ1n) is 3.60. The van der Waals surface area contributed by atoms with Gasteiger partial charge in [-0.25, -0.2) is 0 Å². The van der Waals surface area contributed by atoms with Crippen LogP contribution in [0.15, 0.2) is 0 Å². The molecule has 0 aliphatic rings. The molecule has 3 nitrogen and oxygen atoms in total. The normalized spacial score (nSPS) is 15.9. The molecule has 2 atom stereocenters. The Morgan fingerprint density at radius 2 is 2.18 bits per heavy atom. The van der Waals surface area contributed by atoms with E-state index in [1.165, 1.54) is 0 Å². The van der Waals surface area contributed by atoms with Crippen LogP contribution < -0.4 is 0 Å². The Hall–Kier alpha value is 0.160. The quantitative estimate of drug-likeness (QED) is 0.585. The van der Waals surface area contributed by atoms with Crippen molar-refractivity contribution in [2.75, 3.05) is 4.43 Å². The van der Waals surface area contributed by atoms with E-state index in [-0.39, 0.29) is 0 Å². The van der Waals surface area contributed by atoms with Crippen molar-refractivity contribution in [1.29, 1.82) is 0 Å². The third kappa shape index (κ3) is 3.91. The molecule has 0 spiro atoms. The van der Waals surface area contributed by atoms with Gasteiger partial charge in [-0.05, 0) is 6.42 Å². The fourth-order valence-corrected chi connectivity index (χ4v) is 1.51. The predicted molar refractivity (Wildman–Crippen MR) is 50.9 cm³/mol. The standard InChI is InChI=1S/C7H13IO3/c1-2-3-5(7(10)11)6(9)4-8/h5-6,9H,2-4H2,1H3,(H,10,11)/t5?,6-/m0/s1. The van der Waals surface area contributed by atoms with Crippen LogP contribution in [0.5, 0.6) is 0 Å². The summed E-state index contributed by atoms with van der Waals surface area (Å²) in [7, 11) is 0. The second-order valence-electron chi connectivity index (χ2n) is 2.46. The number of hydrogen-bond donors (Lipinski definition) is 2. The minimum atomic E-state index is -0.893. The molecule has 0 amide bonds. The highest BCUT2D eigenvalue weighted by Gasteiger charge is 2.24. The lowest BCUT2D eigenvalue weighted by Crippen LogP contribution is -2.29. The molecule has 0 aliphatic carbocycles. The lowest BCUT2D eigenvalue weighted by Gasteiger charge is -2.15. The van der Waals surface area contributed by atoms with E-state index in [0.717, 1.165) is 6.42 Å². The predicted octanol–water partition coefficient (Wildman–Crippen LogP) is 1.28. The number of carboxylic acid groups (broad SMARTS) is 1. The average Bonchev–Trinajstić information content (AvgIpc) is 1.98. The summed E-state index contributed by atoms with van der Waals surface area (Å²) in [5.74, 6) is -1.48. The number of carbonyl (C=O) groups is 1. The molecular formula is C7H13IO3. The van der Waals surface area contributed by atoms with Crippen molar-refractivity contribution in [2.24, 2.45) is 5.92 Å². The maximum absolute atomic E-state index is 10.5. The Bertz CT molecular complexity index is 127. The van der Waals surface area contributed by atoms with Gasteiger partial charge in [0, 0.05) is 4.43 Å². The van der Waals surface area contributed by atoms with Crippen LogP contribution in [0.3, 0.4) is 0 Å². The molecule has 1 unspecified atom stereocenters. The van der Waals surface area contributed by atoms with Crippen molar-refractivity contribution in [3.05, 3.63) is 0 Å². The van der Waals surface area contributed by atoms with Gasteiger partial charge in [-0.1, -0.05) is 35.9 Å². The molecule has 0 saturated heterocycles. The van der Waals surface area contributed by atoms with Gasteiger partial charge in [0.15, 0.2) is 0 Å². The summed E-state index contributed by atoms with van der Waals surface area (Å²) in [4.78, 5) is 10.5. The third-order valence-electron chi connectivity index (χ3n) is 1.54. The highest BCUT2D eigenvalue weighted by Crippen LogP contribution is 2.13. The highest BCUT2D eigenvalue weighted by atomic mass is 127. The second kappa shape index (κ2) is 5.77. The zero-order valence-corrected chi connectivity index (χ0v) is 8.61. The highest BCUT2D eigenvalue weighted by molar-refractivity contribution is 14.1. The third-order valence-corrected chi connectivity index (χ3v) is 2.44. The van der Waals surface area contributed by atoms with Crippen LogP contribution in [0.25, 0.3) is 0 Å². The van der Waals surface area contributed by atoms with Crippen LogP contribution in [-0.4, -0.2) is 26.7 Å². The number of aliphatic hydroxyl groups excluding tert-OH is 1. The molecule has 0 radical (unpaired) electrons. The summed E-state index contributed by atoms with van der Waals surface area (Å²) in [6.07, 6.45) is 0.650. The van der Waals surface area contributed by atoms with Gasteiger partial charge in [-0.2, -0.15) is 0 Å². The van der Waals surface area contributed by atoms with E-state index < -0.39 is 18.0 Å². The molecule has 2 N–H and O–H groups in total. The Morgan fingerprint density at radius 1 is 1.64 bits per heavy atom. The fourth-order valence-electron chi connectivity index (χ4n) is 0.899. The summed E-state index contributed by atoms with van der Waals surface area (Å²) in [5.41, 5.74) is 0. The number of alkyl halides is 1. The summed E-state index contributed by atoms with van der Waals surface area (Å²) < 4.78 is 0.481. The molecule has 0 heterocycles. The molecular weight excluding hydrogens is 259 g/mol. The van der Waals surface area contributed by atoms with Gasteiger partial charge < -0.3 is 10.2 Å². The molecule has 66 valence electrons. The van der Waals surface area contributed by atoms with Crippen LogP contribution in [0.1, 0.15) is 19.8 Å². The summed E-state index contributed by atoms with van der Waals surface area (Å²) in [6.45, 7) is 1.91. The Kier molecular flexibility index (Phi) is 5.85. The smallest absolute Gasteiger partial charge is 0.309 e. The van der Waals surface area contributed by atoms with Crippen molar-refractivity contribution < 1.29 is 15.0 Å². The van der Waals surface area contributed by atoms with E-state index in [1.54, 1.807) is 0 Å². The molecule has 0 fully saturated rings. The van der Waals surface area contributed by atoms with Gasteiger partial charge in [0.05, 0.1) is 12.0 Å². The number of aliphatic carboxylic acids is 1. The minimum absolute atomic E-state index is 0.481. The lowest BCUT2D eigenvalue weighted by molar-refractivity contribution is -0.145. The fraction of sp³-hybridized carbons (Fsp3) is 0.857. The molecule has 0 aliphatic heterocycles. The van der Waals surface area contributed by atoms with Gasteiger partial charge in [-0.15, -0.1) is 0 Å². The zero-order chi connectivity index (χ0) is 8.85. The number of aliphatic hydroxyl groups is 1. The maximum atomic E-state index is 10.5. The van der Waals surface area contributed by atoms with Crippen LogP contribution in [0.4, 0.5) is 0 Å². The Labute approximate surface area is 79.9 Å². The number of carboxylic acids is 1. The maximum Gasteiger partial charge on any atom is 0.309 e. The zero-order valence-electron chi connectivity index (χ0n) is 6.46. The first-order chi connectivity index (χ1) is 5.13. The second-order valence-corrected chi connectivity index (χ2v) is 3.34. The van der Waals surface area contributed by atoms with Crippen molar-refractivity contribution in [2.45, 2.75) is 25.9 Å². The van der Waals surface area contributed by atoms with Gasteiger partial charge in [0.2, 0.25) is 0 Å². The van der Waals surface area contributed by atoms with Crippen LogP contribution in [0, 0.1) is 5.92 Å². The summed E-state index contributed by atoms with van der Waals surface area (Å²) in [6, 6.07) is 0. The number of rotatable bonds is 5. The summed E-state index contributed by atoms with van der Waals surface area (Å²) >= 11 is 1.99. The lowest BCUT2D eigenvalue weighted by atomic mass is 9.99. The topological polar surface area (TPSA) is 57.5 Å². The van der Waals surface area contributed by atoms with E-state index in [9.17, 15) is 9.90 Å². The van der Waals surface area contributed by atoms with E-state index >= 15 is 0 Å². The Morgan fingerprint density at radius 3 is 2.45 bits per heavy atom. The van der Waals surface area contributed by atoms with Crippen LogP contribution in [0.2, 0.25) is 0 Å². The van der Waals surface area contributed by atoms with Crippen LogP contribution >= 0.6 is 22.6 Å². The van der Waals surface area contributed by atoms with E-state index in [2.05, 4.69) is 0 Å². The number of halogens is 1.